The largest absolute Gasteiger partial charge is 0.480 e. The van der Waals surface area contributed by atoms with Gasteiger partial charge >= 0.3 is 5.97 Å². The number of rotatable bonds is 11. The van der Waals surface area contributed by atoms with E-state index in [1.54, 1.807) is 31.2 Å². The first-order chi connectivity index (χ1) is 16.7. The molecule has 0 saturated carbocycles. The Morgan fingerprint density at radius 2 is 1.37 bits per heavy atom. The molecule has 4 atom stereocenters. The van der Waals surface area contributed by atoms with Crippen LogP contribution in [0, 0.1) is 5.92 Å². The average Bonchev–Trinajstić information content (AvgIpc) is 2.84. The van der Waals surface area contributed by atoms with E-state index in [1.807, 2.05) is 60.7 Å². The van der Waals surface area contributed by atoms with E-state index in [-0.39, 0.29) is 19.0 Å². The summed E-state index contributed by atoms with van der Waals surface area (Å²) in [6.07, 6.45) is 0.0421. The molecule has 0 spiro atoms. The Labute approximate surface area is 205 Å². The van der Waals surface area contributed by atoms with E-state index < -0.39 is 37.0 Å². The van der Waals surface area contributed by atoms with E-state index in [2.05, 4.69) is 11.1 Å². The van der Waals surface area contributed by atoms with Gasteiger partial charge < -0.3 is 21.1 Å². The number of aliphatic carboxylic acids is 1. The lowest BCUT2D eigenvalue weighted by atomic mass is 9.97. The minimum atomic E-state index is -3.72. The number of carboxylic acid groups (broad SMARTS) is 1. The number of nitrogens with one attached hydrogen (secondary N) is 1. The number of amides is 1. The second-order valence-corrected chi connectivity index (χ2v) is 11.6. The molecule has 0 aromatic heterocycles. The van der Waals surface area contributed by atoms with Gasteiger partial charge in [0.05, 0.1) is 5.92 Å². The van der Waals surface area contributed by atoms with Crippen LogP contribution in [0.15, 0.2) is 84.9 Å². The van der Waals surface area contributed by atoms with E-state index in [9.17, 15) is 24.2 Å². The molecule has 7 nitrogen and oxygen atoms in total. The highest BCUT2D eigenvalue weighted by Crippen LogP contribution is 2.45. The first-order valence-electron chi connectivity index (χ1n) is 11.5. The van der Waals surface area contributed by atoms with E-state index >= 15 is 0 Å². The first kappa shape index (κ1) is 26.4. The monoisotopic (exact) mass is 495 g/mol. The molecule has 0 aliphatic carbocycles. The van der Waals surface area contributed by atoms with Crippen LogP contribution >= 0.6 is 7.37 Å². The predicted molar refractivity (Wildman–Crippen MR) is 136 cm³/mol. The van der Waals surface area contributed by atoms with Gasteiger partial charge in [0, 0.05) is 12.6 Å². The van der Waals surface area contributed by atoms with Crippen LogP contribution in [0.1, 0.15) is 18.1 Å². The fourth-order valence-electron chi connectivity index (χ4n) is 3.82. The highest BCUT2D eigenvalue weighted by Gasteiger charge is 2.35. The van der Waals surface area contributed by atoms with Crippen molar-refractivity contribution in [1.82, 2.24) is 5.32 Å². The number of carbonyl (C=O) groups is 2. The van der Waals surface area contributed by atoms with Crippen LogP contribution in [-0.4, -0.2) is 39.9 Å². The Morgan fingerprint density at radius 1 is 0.857 bits per heavy atom. The fraction of sp³-hybridized carbons (Fsp3) is 0.259. The molecular weight excluding hydrogens is 463 g/mol. The Bertz CT molecular complexity index is 1170. The summed E-state index contributed by atoms with van der Waals surface area (Å²) in [6, 6.07) is 25.4. The fourth-order valence-corrected chi connectivity index (χ4v) is 5.11. The number of benzene rings is 3. The van der Waals surface area contributed by atoms with Crippen molar-refractivity contribution in [3.05, 3.63) is 96.1 Å². The van der Waals surface area contributed by atoms with Crippen molar-refractivity contribution in [3.63, 3.8) is 0 Å². The van der Waals surface area contributed by atoms with E-state index in [0.29, 0.717) is 0 Å². The third-order valence-corrected chi connectivity index (χ3v) is 8.32. The van der Waals surface area contributed by atoms with Crippen LogP contribution in [0.3, 0.4) is 0 Å². The molecule has 0 aliphatic rings. The highest BCUT2D eigenvalue weighted by molar-refractivity contribution is 7.58. The third kappa shape index (κ3) is 7.62. The van der Waals surface area contributed by atoms with Crippen molar-refractivity contribution in [2.24, 2.45) is 5.92 Å². The predicted octanol–water partition coefficient (Wildman–Crippen LogP) is 3.18. The average molecular weight is 496 g/mol. The summed E-state index contributed by atoms with van der Waals surface area (Å²) >= 11 is 0. The normalized spacial score (nSPS) is 15.4. The summed E-state index contributed by atoms with van der Waals surface area (Å²) in [7, 11) is -3.72. The molecule has 0 heterocycles. The van der Waals surface area contributed by atoms with Crippen molar-refractivity contribution in [3.8, 4) is 11.1 Å². The second kappa shape index (κ2) is 11.9. The Hall–Kier alpha value is -3.25. The van der Waals surface area contributed by atoms with Gasteiger partial charge in [0.2, 0.25) is 5.91 Å². The number of hydrogen-bond acceptors (Lipinski definition) is 3. The number of carboxylic acids is 1. The summed E-state index contributed by atoms with van der Waals surface area (Å²) < 4.78 is 12.8. The van der Waals surface area contributed by atoms with Crippen LogP contribution in [0.5, 0.6) is 0 Å². The maximum Gasteiger partial charge on any atom is 0.326 e. The van der Waals surface area contributed by atoms with Gasteiger partial charge in [0.25, 0.3) is 7.37 Å². The molecule has 6 N–H and O–H groups in total. The molecule has 0 bridgehead atoms. The van der Waals surface area contributed by atoms with Crippen LogP contribution in [0.25, 0.3) is 11.1 Å². The van der Waals surface area contributed by atoms with Gasteiger partial charge in [-0.2, -0.15) is 0 Å². The smallest absolute Gasteiger partial charge is 0.326 e. The van der Waals surface area contributed by atoms with Gasteiger partial charge in [0.15, 0.2) is 5.78 Å². The topological polar surface area (TPSA) is 131 Å². The standard InChI is InChI=1S/C27H31N2O5P/c1-19(28)35(33,34)18-24(16-21-12-14-23(15-13-21)22-10-6-3-7-11-22)26(30)29-25(27(31)32)17-20-8-4-2-5-9-20/h2-15,19,24-25H,16-18,28H2,1H3,(H,29,30)(H,31,32)(H,33,34)/p+1/t19?,24-,25+/m1/s1. The molecule has 35 heavy (non-hydrogen) atoms. The van der Waals surface area contributed by atoms with Gasteiger partial charge in [-0.05, 0) is 35.6 Å². The maximum absolute atomic E-state index is 13.2. The van der Waals surface area contributed by atoms with Gasteiger partial charge in [0.1, 0.15) is 6.04 Å². The van der Waals surface area contributed by atoms with Crippen molar-refractivity contribution in [2.75, 3.05) is 6.16 Å². The minimum absolute atomic E-state index is 0.114. The second-order valence-electron chi connectivity index (χ2n) is 8.84. The Balaban J connectivity index is 1.79. The molecule has 0 radical (unpaired) electrons. The summed E-state index contributed by atoms with van der Waals surface area (Å²) in [5.41, 5.74) is 7.34. The lowest BCUT2D eigenvalue weighted by molar-refractivity contribution is -0.385. The van der Waals surface area contributed by atoms with E-state index in [4.69, 9.17) is 0 Å². The zero-order chi connectivity index (χ0) is 25.4. The summed E-state index contributed by atoms with van der Waals surface area (Å²) in [4.78, 5) is 35.5. The molecule has 0 fully saturated rings. The van der Waals surface area contributed by atoms with Gasteiger partial charge in [-0.1, -0.05) is 84.9 Å². The summed E-state index contributed by atoms with van der Waals surface area (Å²) in [5.74, 6) is -3.35. The number of carbonyl (C=O) groups excluding carboxylic acids is 1. The molecule has 8 heteroatoms. The molecule has 2 unspecified atom stereocenters. The van der Waals surface area contributed by atoms with Crippen LogP contribution in [0.2, 0.25) is 0 Å². The third-order valence-electron chi connectivity index (χ3n) is 5.98. The van der Waals surface area contributed by atoms with Crippen LogP contribution in [-0.2, 0) is 27.0 Å². The molecule has 0 aliphatic heterocycles. The quantitative estimate of drug-likeness (QED) is 0.304. The zero-order valence-electron chi connectivity index (χ0n) is 19.7. The molecule has 3 rings (SSSR count). The molecule has 1 amide bonds. The molecule has 184 valence electrons. The van der Waals surface area contributed by atoms with Crippen molar-refractivity contribution < 1.29 is 29.9 Å². The van der Waals surface area contributed by atoms with Crippen molar-refractivity contribution >= 4 is 19.2 Å². The highest BCUT2D eigenvalue weighted by atomic mass is 31.2. The van der Waals surface area contributed by atoms with Crippen molar-refractivity contribution in [2.45, 2.75) is 31.6 Å². The lowest BCUT2D eigenvalue weighted by Crippen LogP contribution is -2.59. The van der Waals surface area contributed by atoms with Gasteiger partial charge in [-0.3, -0.25) is 9.36 Å². The van der Waals surface area contributed by atoms with E-state index in [0.717, 1.165) is 22.3 Å². The first-order valence-corrected chi connectivity index (χ1v) is 13.4. The number of quaternary nitrogens is 1. The lowest BCUT2D eigenvalue weighted by Gasteiger charge is -2.23. The summed E-state index contributed by atoms with van der Waals surface area (Å²) in [6.45, 7) is 1.54. The Morgan fingerprint density at radius 3 is 1.91 bits per heavy atom. The SMILES string of the molecule is CC([NH3+])P(=O)(O)C[C@@H](Cc1ccc(-c2ccccc2)cc1)C(=O)N[C@@H](Cc1ccccc1)C(=O)O. The van der Waals surface area contributed by atoms with E-state index in [1.165, 1.54) is 0 Å². The molecule has 3 aromatic rings. The van der Waals surface area contributed by atoms with Crippen LogP contribution in [0.4, 0.5) is 0 Å². The molecular formula is C27H32N2O5P+. The minimum Gasteiger partial charge on any atom is -0.480 e. The van der Waals surface area contributed by atoms with Crippen molar-refractivity contribution in [1.29, 1.82) is 0 Å². The maximum atomic E-state index is 13.2. The zero-order valence-corrected chi connectivity index (χ0v) is 20.6. The Kier molecular flexibility index (Phi) is 8.99. The van der Waals surface area contributed by atoms with Gasteiger partial charge in [-0.15, -0.1) is 0 Å². The van der Waals surface area contributed by atoms with Gasteiger partial charge in [-0.25, -0.2) is 4.79 Å². The molecule has 0 saturated heterocycles. The number of hydrogen-bond donors (Lipinski definition) is 4. The summed E-state index contributed by atoms with van der Waals surface area (Å²) in [5, 5.41) is 12.3. The molecule has 3 aromatic carbocycles. The van der Waals surface area contributed by atoms with Crippen LogP contribution < -0.4 is 11.1 Å².